The van der Waals surface area contributed by atoms with E-state index >= 15 is 0 Å². The second-order valence-electron chi connectivity index (χ2n) is 4.50. The Kier molecular flexibility index (Phi) is 6.98. The molecule has 0 heterocycles. The van der Waals surface area contributed by atoms with Gasteiger partial charge in [0.15, 0.2) is 0 Å². The molecule has 1 aliphatic carbocycles. The van der Waals surface area contributed by atoms with E-state index in [4.69, 9.17) is 4.74 Å². The summed E-state index contributed by atoms with van der Waals surface area (Å²) in [5, 5.41) is 3.52. The molecule has 0 aromatic carbocycles. The fourth-order valence-electron chi connectivity index (χ4n) is 1.43. The van der Waals surface area contributed by atoms with Gasteiger partial charge < -0.3 is 15.0 Å². The van der Waals surface area contributed by atoms with E-state index in [2.05, 4.69) is 24.2 Å². The molecule has 0 aromatic heterocycles. The third kappa shape index (κ3) is 7.77. The molecule has 1 N–H and O–H groups in total. The van der Waals surface area contributed by atoms with Gasteiger partial charge in [-0.25, -0.2) is 0 Å². The number of unbranched alkanes of at least 4 members (excludes halogenated alkanes) is 1. The molecule has 0 saturated heterocycles. The van der Waals surface area contributed by atoms with Crippen LogP contribution < -0.4 is 5.32 Å². The molecular weight excluding hydrogens is 188 g/mol. The highest BCUT2D eigenvalue weighted by Gasteiger charge is 2.19. The topological polar surface area (TPSA) is 24.5 Å². The Labute approximate surface area is 94.2 Å². The summed E-state index contributed by atoms with van der Waals surface area (Å²) < 4.78 is 5.52. The molecule has 0 aromatic rings. The van der Waals surface area contributed by atoms with Crippen molar-refractivity contribution in [3.05, 3.63) is 0 Å². The quantitative estimate of drug-likeness (QED) is 0.558. The first-order chi connectivity index (χ1) is 7.33. The molecule has 0 spiro atoms. The molecular formula is C12H26N2O. The molecule has 0 atom stereocenters. The molecule has 0 bridgehead atoms. The van der Waals surface area contributed by atoms with Gasteiger partial charge >= 0.3 is 0 Å². The molecule has 1 saturated carbocycles. The number of likely N-dealkylation sites (N-methyl/N-ethyl adjacent to an activating group) is 1. The normalized spacial score (nSPS) is 16.2. The highest BCUT2D eigenvalue weighted by Crippen LogP contribution is 2.17. The Hall–Kier alpha value is -0.120. The van der Waals surface area contributed by atoms with E-state index in [-0.39, 0.29) is 0 Å². The minimum absolute atomic E-state index is 0.833. The molecule has 3 heteroatoms. The van der Waals surface area contributed by atoms with Gasteiger partial charge in [0.2, 0.25) is 0 Å². The third-order valence-corrected chi connectivity index (χ3v) is 2.76. The lowest BCUT2D eigenvalue weighted by Gasteiger charge is -2.16. The summed E-state index contributed by atoms with van der Waals surface area (Å²) >= 11 is 0. The number of rotatable bonds is 10. The van der Waals surface area contributed by atoms with Crippen molar-refractivity contribution in [2.24, 2.45) is 0 Å². The number of nitrogens with one attached hydrogen (secondary N) is 1. The number of nitrogens with zero attached hydrogens (tertiary/aromatic N) is 1. The van der Waals surface area contributed by atoms with Crippen LogP contribution in [-0.4, -0.2) is 50.8 Å². The summed E-state index contributed by atoms with van der Waals surface area (Å²) in [4.78, 5) is 2.33. The average Bonchev–Trinajstić information content (AvgIpc) is 3.01. The monoisotopic (exact) mass is 214 g/mol. The molecule has 1 aliphatic rings. The summed E-state index contributed by atoms with van der Waals surface area (Å²) in [5.41, 5.74) is 0. The summed E-state index contributed by atoms with van der Waals surface area (Å²) in [7, 11) is 2.16. The molecule has 0 unspecified atom stereocenters. The Morgan fingerprint density at radius 3 is 2.73 bits per heavy atom. The van der Waals surface area contributed by atoms with Crippen LogP contribution in [0.5, 0.6) is 0 Å². The lowest BCUT2D eigenvalue weighted by Crippen LogP contribution is -2.32. The zero-order valence-corrected chi connectivity index (χ0v) is 10.3. The van der Waals surface area contributed by atoms with Gasteiger partial charge in [-0.2, -0.15) is 0 Å². The highest BCUT2D eigenvalue weighted by molar-refractivity contribution is 4.80. The van der Waals surface area contributed by atoms with Crippen LogP contribution in [0.4, 0.5) is 0 Å². The van der Waals surface area contributed by atoms with Gasteiger partial charge in [0.05, 0.1) is 6.61 Å². The summed E-state index contributed by atoms with van der Waals surface area (Å²) in [5.74, 6) is 0. The van der Waals surface area contributed by atoms with Crippen molar-refractivity contribution in [2.75, 3.05) is 39.9 Å². The molecule has 1 rings (SSSR count). The highest BCUT2D eigenvalue weighted by atomic mass is 16.5. The predicted octanol–water partition coefficient (Wildman–Crippen LogP) is 1.49. The van der Waals surface area contributed by atoms with Gasteiger partial charge in [-0.1, -0.05) is 13.3 Å². The lowest BCUT2D eigenvalue weighted by atomic mass is 10.4. The molecule has 0 aliphatic heterocycles. The second-order valence-corrected chi connectivity index (χ2v) is 4.50. The number of hydrogen-bond donors (Lipinski definition) is 1. The lowest BCUT2D eigenvalue weighted by molar-refractivity contribution is 0.109. The maximum Gasteiger partial charge on any atom is 0.0593 e. The average molecular weight is 214 g/mol. The van der Waals surface area contributed by atoms with E-state index in [0.29, 0.717) is 0 Å². The van der Waals surface area contributed by atoms with Gasteiger partial charge in [0.25, 0.3) is 0 Å². The van der Waals surface area contributed by atoms with Gasteiger partial charge in [0, 0.05) is 32.3 Å². The largest absolute Gasteiger partial charge is 0.380 e. The zero-order valence-electron chi connectivity index (χ0n) is 10.3. The van der Waals surface area contributed by atoms with Crippen LogP contribution in [0.1, 0.15) is 32.6 Å². The van der Waals surface area contributed by atoms with Gasteiger partial charge in [-0.05, 0) is 26.3 Å². The first-order valence-corrected chi connectivity index (χ1v) is 6.32. The van der Waals surface area contributed by atoms with Crippen molar-refractivity contribution < 1.29 is 4.74 Å². The fourth-order valence-corrected chi connectivity index (χ4v) is 1.43. The number of ether oxygens (including phenoxy) is 1. The summed E-state index contributed by atoms with van der Waals surface area (Å²) in [6, 6.07) is 0.833. The van der Waals surface area contributed by atoms with Crippen molar-refractivity contribution >= 4 is 0 Å². The van der Waals surface area contributed by atoms with Crippen LogP contribution >= 0.6 is 0 Å². The van der Waals surface area contributed by atoms with Crippen LogP contribution in [0, 0.1) is 0 Å². The zero-order chi connectivity index (χ0) is 10.9. The first kappa shape index (κ1) is 12.9. The minimum Gasteiger partial charge on any atom is -0.380 e. The summed E-state index contributed by atoms with van der Waals surface area (Å²) in [6.45, 7) is 7.30. The third-order valence-electron chi connectivity index (χ3n) is 2.76. The Morgan fingerprint density at radius 1 is 1.27 bits per heavy atom. The van der Waals surface area contributed by atoms with E-state index in [0.717, 1.165) is 38.9 Å². The standard InChI is InChI=1S/C12H26N2O/c1-3-4-10-15-11-9-14(2)8-7-13-12-5-6-12/h12-13H,3-11H2,1-2H3. The van der Waals surface area contributed by atoms with Crippen molar-refractivity contribution in [3.8, 4) is 0 Å². The van der Waals surface area contributed by atoms with Crippen molar-refractivity contribution in [3.63, 3.8) is 0 Å². The van der Waals surface area contributed by atoms with Crippen LogP contribution in [-0.2, 0) is 4.74 Å². The minimum atomic E-state index is 0.833. The Balaban J connectivity index is 1.77. The molecule has 0 amide bonds. The van der Waals surface area contributed by atoms with Gasteiger partial charge in [-0.3, -0.25) is 0 Å². The van der Waals surface area contributed by atoms with Crippen molar-refractivity contribution in [2.45, 2.75) is 38.6 Å². The second kappa shape index (κ2) is 8.08. The maximum absolute atomic E-state index is 5.52. The maximum atomic E-state index is 5.52. The van der Waals surface area contributed by atoms with Crippen LogP contribution in [0.2, 0.25) is 0 Å². The predicted molar refractivity (Wildman–Crippen MR) is 64.2 cm³/mol. The van der Waals surface area contributed by atoms with E-state index in [1.165, 1.54) is 25.7 Å². The van der Waals surface area contributed by atoms with E-state index in [1.54, 1.807) is 0 Å². The first-order valence-electron chi connectivity index (χ1n) is 6.32. The van der Waals surface area contributed by atoms with Gasteiger partial charge in [0.1, 0.15) is 0 Å². The van der Waals surface area contributed by atoms with Gasteiger partial charge in [-0.15, -0.1) is 0 Å². The van der Waals surface area contributed by atoms with E-state index in [1.807, 2.05) is 0 Å². The molecule has 3 nitrogen and oxygen atoms in total. The molecule has 15 heavy (non-hydrogen) atoms. The smallest absolute Gasteiger partial charge is 0.0593 e. The molecule has 90 valence electrons. The summed E-state index contributed by atoms with van der Waals surface area (Å²) in [6.07, 6.45) is 5.17. The van der Waals surface area contributed by atoms with Crippen LogP contribution in [0.3, 0.4) is 0 Å². The van der Waals surface area contributed by atoms with Crippen molar-refractivity contribution in [1.82, 2.24) is 10.2 Å². The van der Waals surface area contributed by atoms with Crippen molar-refractivity contribution in [1.29, 1.82) is 0 Å². The van der Waals surface area contributed by atoms with Crippen LogP contribution in [0.25, 0.3) is 0 Å². The number of hydrogen-bond acceptors (Lipinski definition) is 3. The molecule has 1 fully saturated rings. The Bertz CT molecular complexity index is 149. The Morgan fingerprint density at radius 2 is 2.07 bits per heavy atom. The SMILES string of the molecule is CCCCOCCN(C)CCNC1CC1. The van der Waals surface area contributed by atoms with Crippen LogP contribution in [0.15, 0.2) is 0 Å². The fraction of sp³-hybridized carbons (Fsp3) is 1.00. The molecule has 0 radical (unpaired) electrons. The van der Waals surface area contributed by atoms with E-state index < -0.39 is 0 Å². The van der Waals surface area contributed by atoms with E-state index in [9.17, 15) is 0 Å².